The van der Waals surface area contributed by atoms with Crippen LogP contribution in [-0.4, -0.2) is 24.3 Å². The fourth-order valence-corrected chi connectivity index (χ4v) is 3.89. The molecule has 0 spiro atoms. The van der Waals surface area contributed by atoms with E-state index in [1.165, 1.54) is 12.1 Å². The number of anilines is 2. The largest absolute Gasteiger partial charge is 0.280 e. The zero-order valence-electron chi connectivity index (χ0n) is 17.1. The summed E-state index contributed by atoms with van der Waals surface area (Å²) < 4.78 is 28.0. The van der Waals surface area contributed by atoms with Crippen LogP contribution >= 0.6 is 0 Å². The van der Waals surface area contributed by atoms with Crippen LogP contribution < -0.4 is 15.6 Å². The fraction of sp³-hybridized carbons (Fsp3) is 0.190. The topological polar surface area (TPSA) is 113 Å². The number of amides is 1. The van der Waals surface area contributed by atoms with Crippen LogP contribution in [0.5, 0.6) is 0 Å². The molecule has 3 rings (SSSR count). The van der Waals surface area contributed by atoms with Crippen molar-refractivity contribution in [2.45, 2.75) is 32.6 Å². The first-order valence-electron chi connectivity index (χ1n) is 9.23. The van der Waals surface area contributed by atoms with Crippen LogP contribution in [0.25, 0.3) is 0 Å². The van der Waals surface area contributed by atoms with Gasteiger partial charge in [0.1, 0.15) is 0 Å². The number of hydrogen-bond donors (Lipinski definition) is 3. The number of nitrogens with zero attached hydrogens (tertiary/aromatic N) is 2. The van der Waals surface area contributed by atoms with Gasteiger partial charge in [-0.05, 0) is 63.6 Å². The minimum atomic E-state index is -3.85. The van der Waals surface area contributed by atoms with E-state index in [-0.39, 0.29) is 16.4 Å². The van der Waals surface area contributed by atoms with E-state index in [9.17, 15) is 13.2 Å². The Hall–Kier alpha value is -3.46. The minimum Gasteiger partial charge on any atom is -0.280 e. The highest BCUT2D eigenvalue weighted by Crippen LogP contribution is 2.20. The summed E-state index contributed by atoms with van der Waals surface area (Å²) in [5.41, 5.74) is 9.01. The Labute approximate surface area is 175 Å². The molecule has 0 saturated heterocycles. The van der Waals surface area contributed by atoms with Crippen LogP contribution in [0.3, 0.4) is 0 Å². The van der Waals surface area contributed by atoms with Crippen LogP contribution in [0.2, 0.25) is 0 Å². The van der Waals surface area contributed by atoms with Crippen molar-refractivity contribution in [3.8, 4) is 0 Å². The molecule has 9 heteroatoms. The molecule has 0 saturated carbocycles. The first-order valence-corrected chi connectivity index (χ1v) is 10.7. The van der Waals surface area contributed by atoms with E-state index >= 15 is 0 Å². The number of sulfonamides is 1. The lowest BCUT2D eigenvalue weighted by atomic mass is 10.1. The van der Waals surface area contributed by atoms with Crippen LogP contribution in [0.4, 0.5) is 11.6 Å². The summed E-state index contributed by atoms with van der Waals surface area (Å²) in [6, 6.07) is 13.2. The molecule has 0 aliphatic rings. The average Bonchev–Trinajstić information content (AvgIpc) is 2.67. The van der Waals surface area contributed by atoms with Crippen LogP contribution in [0.1, 0.15) is 32.9 Å². The number of aryl methyl sites for hydroxylation is 4. The van der Waals surface area contributed by atoms with Crippen molar-refractivity contribution in [3.05, 3.63) is 76.6 Å². The van der Waals surface area contributed by atoms with Gasteiger partial charge in [-0.15, -0.1) is 0 Å². The standard InChI is InChI=1S/C21H23N5O3S/c1-13-5-8-17(9-6-13)26-30(28,29)18-10-7-14(2)19(12-18)20(27)24-25-21-22-15(3)11-16(4)23-21/h5-12,26H,1-4H3,(H,24,27)(H,22,23,25). The quantitative estimate of drug-likeness (QED) is 0.523. The Kier molecular flexibility index (Phi) is 6.02. The maximum absolute atomic E-state index is 12.7. The van der Waals surface area contributed by atoms with E-state index < -0.39 is 15.9 Å². The predicted octanol–water partition coefficient (Wildman–Crippen LogP) is 3.27. The summed E-state index contributed by atoms with van der Waals surface area (Å²) in [7, 11) is -3.85. The Balaban J connectivity index is 1.79. The van der Waals surface area contributed by atoms with Gasteiger partial charge in [0.2, 0.25) is 5.95 Å². The molecule has 0 unspecified atom stereocenters. The number of carbonyl (C=O) groups excluding carboxylic acids is 1. The van der Waals surface area contributed by atoms with Crippen molar-refractivity contribution in [3.63, 3.8) is 0 Å². The zero-order chi connectivity index (χ0) is 21.9. The van der Waals surface area contributed by atoms with E-state index in [0.29, 0.717) is 11.3 Å². The van der Waals surface area contributed by atoms with Gasteiger partial charge >= 0.3 is 0 Å². The molecule has 0 fully saturated rings. The molecular weight excluding hydrogens is 402 g/mol. The highest BCUT2D eigenvalue weighted by atomic mass is 32.2. The van der Waals surface area contributed by atoms with Gasteiger partial charge in [-0.3, -0.25) is 20.4 Å². The van der Waals surface area contributed by atoms with Crippen LogP contribution in [0, 0.1) is 27.7 Å². The van der Waals surface area contributed by atoms with E-state index in [0.717, 1.165) is 17.0 Å². The van der Waals surface area contributed by atoms with Crippen molar-refractivity contribution >= 4 is 27.6 Å². The Morgan fingerprint density at radius 1 is 0.867 bits per heavy atom. The molecule has 3 aromatic rings. The number of nitrogens with one attached hydrogen (secondary N) is 3. The zero-order valence-corrected chi connectivity index (χ0v) is 18.0. The number of benzene rings is 2. The lowest BCUT2D eigenvalue weighted by Crippen LogP contribution is -2.31. The van der Waals surface area contributed by atoms with Gasteiger partial charge in [-0.2, -0.15) is 0 Å². The molecule has 0 aliphatic heterocycles. The van der Waals surface area contributed by atoms with E-state index in [1.54, 1.807) is 25.1 Å². The summed E-state index contributed by atoms with van der Waals surface area (Å²) in [4.78, 5) is 21.0. The first kappa shape index (κ1) is 21.3. The normalized spacial score (nSPS) is 11.1. The highest BCUT2D eigenvalue weighted by molar-refractivity contribution is 7.92. The lowest BCUT2D eigenvalue weighted by molar-refractivity contribution is 0.0961. The summed E-state index contributed by atoms with van der Waals surface area (Å²) in [6.07, 6.45) is 0. The third kappa shape index (κ3) is 5.12. The van der Waals surface area contributed by atoms with Crippen LogP contribution in [0.15, 0.2) is 53.4 Å². The maximum atomic E-state index is 12.7. The van der Waals surface area contributed by atoms with Gasteiger partial charge in [-0.1, -0.05) is 23.8 Å². The lowest BCUT2D eigenvalue weighted by Gasteiger charge is -2.13. The monoisotopic (exact) mass is 425 g/mol. The number of hydrazine groups is 1. The number of carbonyl (C=O) groups is 1. The Morgan fingerprint density at radius 2 is 1.50 bits per heavy atom. The molecule has 156 valence electrons. The molecule has 1 heterocycles. The van der Waals surface area contributed by atoms with Gasteiger partial charge < -0.3 is 0 Å². The van der Waals surface area contributed by atoms with Gasteiger partial charge in [0, 0.05) is 22.6 Å². The predicted molar refractivity (Wildman–Crippen MR) is 116 cm³/mol. The van der Waals surface area contributed by atoms with E-state index in [4.69, 9.17) is 0 Å². The highest BCUT2D eigenvalue weighted by Gasteiger charge is 2.18. The molecule has 0 bridgehead atoms. The van der Waals surface area contributed by atoms with Gasteiger partial charge in [0.25, 0.3) is 15.9 Å². The second kappa shape index (κ2) is 8.50. The van der Waals surface area contributed by atoms with Crippen LogP contribution in [-0.2, 0) is 10.0 Å². The van der Waals surface area contributed by atoms with E-state index in [2.05, 4.69) is 25.5 Å². The fourth-order valence-electron chi connectivity index (χ4n) is 2.81. The molecule has 0 aliphatic carbocycles. The van der Waals surface area contributed by atoms with Gasteiger partial charge in [-0.25, -0.2) is 18.4 Å². The molecule has 3 N–H and O–H groups in total. The third-order valence-electron chi connectivity index (χ3n) is 4.34. The molecule has 1 aromatic heterocycles. The SMILES string of the molecule is Cc1ccc(NS(=O)(=O)c2ccc(C)c(C(=O)NNc3nc(C)cc(C)n3)c2)cc1. The first-order chi connectivity index (χ1) is 14.1. The second-order valence-electron chi connectivity index (χ2n) is 7.00. The third-order valence-corrected chi connectivity index (χ3v) is 5.72. The molecular formula is C21H23N5O3S. The maximum Gasteiger partial charge on any atom is 0.270 e. The molecule has 2 aromatic carbocycles. The Morgan fingerprint density at radius 3 is 2.13 bits per heavy atom. The summed E-state index contributed by atoms with van der Waals surface area (Å²) in [5, 5.41) is 0. The average molecular weight is 426 g/mol. The number of aromatic nitrogens is 2. The summed E-state index contributed by atoms with van der Waals surface area (Å²) >= 11 is 0. The van der Waals surface area contributed by atoms with Crippen molar-refractivity contribution < 1.29 is 13.2 Å². The minimum absolute atomic E-state index is 0.0125. The molecule has 30 heavy (non-hydrogen) atoms. The van der Waals surface area contributed by atoms with Gasteiger partial charge in [0.15, 0.2) is 0 Å². The molecule has 0 radical (unpaired) electrons. The number of hydrogen-bond acceptors (Lipinski definition) is 6. The van der Waals surface area contributed by atoms with Crippen molar-refractivity contribution in [1.29, 1.82) is 0 Å². The smallest absolute Gasteiger partial charge is 0.270 e. The van der Waals surface area contributed by atoms with Crippen molar-refractivity contribution in [2.75, 3.05) is 10.1 Å². The van der Waals surface area contributed by atoms with E-state index in [1.807, 2.05) is 39.0 Å². The Bertz CT molecular complexity index is 1170. The molecule has 8 nitrogen and oxygen atoms in total. The van der Waals surface area contributed by atoms with Gasteiger partial charge in [0.05, 0.1) is 4.90 Å². The molecule has 0 atom stereocenters. The summed E-state index contributed by atoms with van der Waals surface area (Å²) in [6.45, 7) is 7.29. The number of rotatable bonds is 6. The summed E-state index contributed by atoms with van der Waals surface area (Å²) in [5.74, 6) is -0.244. The second-order valence-corrected chi connectivity index (χ2v) is 8.68. The van der Waals surface area contributed by atoms with Crippen molar-refractivity contribution in [1.82, 2.24) is 15.4 Å². The molecule has 1 amide bonds. The van der Waals surface area contributed by atoms with Crippen molar-refractivity contribution in [2.24, 2.45) is 0 Å².